The van der Waals surface area contributed by atoms with Gasteiger partial charge in [-0.1, -0.05) is 108 Å². The van der Waals surface area contributed by atoms with Crippen molar-refractivity contribution in [1.29, 1.82) is 0 Å². The quantitative estimate of drug-likeness (QED) is 0.232. The topological polar surface area (TPSA) is 46.2 Å². The molecule has 4 aliphatic carbocycles. The number of fused-ring (bicyclic) bond motifs is 5. The fourth-order valence-corrected chi connectivity index (χ4v) is 10.6. The zero-order valence-corrected chi connectivity index (χ0v) is 27.9. The summed E-state index contributed by atoms with van der Waals surface area (Å²) in [5.41, 5.74) is 4.32. The number of allylic oxidation sites excluding steroid dienone is 1. The zero-order valence-electron chi connectivity index (χ0n) is 27.9. The van der Waals surface area contributed by atoms with Gasteiger partial charge in [0.25, 0.3) is 5.91 Å². The molecule has 44 heavy (non-hydrogen) atoms. The fourth-order valence-electron chi connectivity index (χ4n) is 10.6. The van der Waals surface area contributed by atoms with Gasteiger partial charge in [-0.05, 0) is 110 Å². The van der Waals surface area contributed by atoms with E-state index in [0.717, 1.165) is 48.3 Å². The van der Waals surface area contributed by atoms with Gasteiger partial charge in [-0.25, -0.2) is 0 Å². The summed E-state index contributed by atoms with van der Waals surface area (Å²) in [5, 5.41) is 3.36. The van der Waals surface area contributed by atoms with Crippen molar-refractivity contribution < 1.29 is 9.59 Å². The summed E-state index contributed by atoms with van der Waals surface area (Å²) in [6.07, 6.45) is 16.9. The van der Waals surface area contributed by atoms with Crippen molar-refractivity contribution in [2.75, 3.05) is 0 Å². The molecular formula is C41H55NO2. The molecule has 3 fully saturated rings. The van der Waals surface area contributed by atoms with E-state index in [0.29, 0.717) is 22.1 Å². The molecule has 0 bridgehead atoms. The lowest BCUT2D eigenvalue weighted by Crippen LogP contribution is -2.52. The Morgan fingerprint density at radius 2 is 1.52 bits per heavy atom. The molecule has 2 aromatic rings. The molecule has 0 spiro atoms. The van der Waals surface area contributed by atoms with Gasteiger partial charge in [-0.2, -0.15) is 0 Å². The SMILES string of the molecule is CC(C)CCC[C@@H](C)[C@H]1CC[C@H]2[C@@H]3CC=C4C[C@@H](NC(=O)c5ccc(C(=O)c6ccccc6)cc5)CC[C@]4(C)[C@H]3CC[C@]12C. The molecule has 1 amide bonds. The highest BCUT2D eigenvalue weighted by molar-refractivity contribution is 6.09. The third kappa shape index (κ3) is 5.85. The number of hydrogen-bond donors (Lipinski definition) is 1. The van der Waals surface area contributed by atoms with Crippen LogP contribution in [0, 0.1) is 46.3 Å². The lowest BCUT2D eigenvalue weighted by molar-refractivity contribution is -0.0513. The lowest BCUT2D eigenvalue weighted by atomic mass is 9.47. The van der Waals surface area contributed by atoms with E-state index in [4.69, 9.17) is 0 Å². The molecule has 1 N–H and O–H groups in total. The number of amides is 1. The van der Waals surface area contributed by atoms with Crippen LogP contribution in [-0.4, -0.2) is 17.7 Å². The van der Waals surface area contributed by atoms with Gasteiger partial charge in [-0.3, -0.25) is 9.59 Å². The Morgan fingerprint density at radius 3 is 2.25 bits per heavy atom. The third-order valence-corrected chi connectivity index (χ3v) is 13.1. The second-order valence-electron chi connectivity index (χ2n) is 16.0. The van der Waals surface area contributed by atoms with Crippen molar-refractivity contribution in [3.05, 3.63) is 82.9 Å². The third-order valence-electron chi connectivity index (χ3n) is 13.1. The maximum absolute atomic E-state index is 13.3. The van der Waals surface area contributed by atoms with E-state index in [1.54, 1.807) is 29.8 Å². The van der Waals surface area contributed by atoms with Crippen LogP contribution < -0.4 is 5.32 Å². The molecule has 0 unspecified atom stereocenters. The van der Waals surface area contributed by atoms with Gasteiger partial charge in [0.05, 0.1) is 0 Å². The second kappa shape index (κ2) is 12.6. The first-order chi connectivity index (χ1) is 21.1. The Balaban J connectivity index is 1.08. The van der Waals surface area contributed by atoms with Crippen LogP contribution in [0.3, 0.4) is 0 Å². The smallest absolute Gasteiger partial charge is 0.251 e. The number of hydrogen-bond acceptors (Lipinski definition) is 2. The molecule has 8 atom stereocenters. The minimum absolute atomic E-state index is 0.0148. The first-order valence-electron chi connectivity index (χ1n) is 17.8. The monoisotopic (exact) mass is 593 g/mol. The molecule has 2 aromatic carbocycles. The van der Waals surface area contributed by atoms with Crippen molar-refractivity contribution in [2.24, 2.45) is 46.3 Å². The van der Waals surface area contributed by atoms with E-state index >= 15 is 0 Å². The lowest BCUT2D eigenvalue weighted by Gasteiger charge is -2.58. The minimum atomic E-state index is -0.0282. The van der Waals surface area contributed by atoms with Gasteiger partial charge in [0.2, 0.25) is 0 Å². The van der Waals surface area contributed by atoms with E-state index in [9.17, 15) is 9.59 Å². The average molecular weight is 594 g/mol. The summed E-state index contributed by atoms with van der Waals surface area (Å²) in [7, 11) is 0. The average Bonchev–Trinajstić information content (AvgIpc) is 3.38. The maximum atomic E-state index is 13.3. The number of rotatable bonds is 9. The minimum Gasteiger partial charge on any atom is -0.349 e. The summed E-state index contributed by atoms with van der Waals surface area (Å²) in [6, 6.07) is 16.6. The molecule has 3 heteroatoms. The molecule has 0 saturated heterocycles. The summed E-state index contributed by atoms with van der Waals surface area (Å²) >= 11 is 0. The summed E-state index contributed by atoms with van der Waals surface area (Å²) in [5.74, 6) is 5.03. The van der Waals surface area contributed by atoms with Crippen LogP contribution in [-0.2, 0) is 0 Å². The molecule has 3 nitrogen and oxygen atoms in total. The highest BCUT2D eigenvalue weighted by Gasteiger charge is 2.59. The second-order valence-corrected chi connectivity index (χ2v) is 16.0. The van der Waals surface area contributed by atoms with Gasteiger partial charge in [-0.15, -0.1) is 0 Å². The van der Waals surface area contributed by atoms with Crippen LogP contribution in [0.4, 0.5) is 0 Å². The predicted molar refractivity (Wildman–Crippen MR) is 181 cm³/mol. The first-order valence-corrected chi connectivity index (χ1v) is 17.8. The van der Waals surface area contributed by atoms with Crippen molar-refractivity contribution in [2.45, 2.75) is 111 Å². The van der Waals surface area contributed by atoms with Gasteiger partial charge in [0.15, 0.2) is 5.78 Å². The Morgan fingerprint density at radius 1 is 0.818 bits per heavy atom. The molecule has 0 aromatic heterocycles. The number of benzene rings is 2. The molecular weight excluding hydrogens is 538 g/mol. The normalized spacial score (nSPS) is 33.5. The van der Waals surface area contributed by atoms with E-state index in [1.807, 2.05) is 30.3 Å². The molecule has 3 saturated carbocycles. The van der Waals surface area contributed by atoms with Crippen molar-refractivity contribution in [1.82, 2.24) is 5.32 Å². The molecule has 0 aliphatic heterocycles. The highest BCUT2D eigenvalue weighted by Crippen LogP contribution is 2.67. The summed E-state index contributed by atoms with van der Waals surface area (Å²) in [6.45, 7) is 12.5. The first kappa shape index (κ1) is 31.3. The Hall–Kier alpha value is -2.68. The Labute approximate surface area is 266 Å². The molecule has 6 rings (SSSR count). The van der Waals surface area contributed by atoms with Crippen molar-refractivity contribution in [3.8, 4) is 0 Å². The van der Waals surface area contributed by atoms with Gasteiger partial charge in [0.1, 0.15) is 0 Å². The van der Waals surface area contributed by atoms with Crippen LogP contribution in [0.5, 0.6) is 0 Å². The number of carbonyl (C=O) groups excluding carboxylic acids is 2. The van der Waals surface area contributed by atoms with Crippen molar-refractivity contribution in [3.63, 3.8) is 0 Å². The number of ketones is 1. The zero-order chi connectivity index (χ0) is 31.1. The van der Waals surface area contributed by atoms with Crippen molar-refractivity contribution >= 4 is 11.7 Å². The molecule has 0 heterocycles. The fraction of sp³-hybridized carbons (Fsp3) is 0.610. The Kier molecular flexibility index (Phi) is 8.97. The van der Waals surface area contributed by atoms with Crippen LogP contribution in [0.15, 0.2) is 66.2 Å². The number of nitrogens with one attached hydrogen (secondary N) is 1. The van der Waals surface area contributed by atoms with E-state index in [2.05, 4.69) is 46.0 Å². The maximum Gasteiger partial charge on any atom is 0.251 e. The highest BCUT2D eigenvalue weighted by atomic mass is 16.1. The van der Waals surface area contributed by atoms with Crippen LogP contribution >= 0.6 is 0 Å². The van der Waals surface area contributed by atoms with Gasteiger partial charge < -0.3 is 5.32 Å². The van der Waals surface area contributed by atoms with E-state index in [-0.39, 0.29) is 23.1 Å². The Bertz CT molecular complexity index is 1360. The molecule has 4 aliphatic rings. The van der Waals surface area contributed by atoms with Crippen LogP contribution in [0.25, 0.3) is 0 Å². The van der Waals surface area contributed by atoms with Gasteiger partial charge in [0, 0.05) is 22.7 Å². The largest absolute Gasteiger partial charge is 0.349 e. The standard InChI is InChI=1S/C41H55NO2/c1-27(2)10-9-11-28(3)35-20-21-36-34-19-18-32-26-33(22-24-40(32,4)37(34)23-25-41(35,36)5)42-39(44)31-16-14-30(15-17-31)38(43)29-12-7-6-8-13-29/h6-8,12-18,27-28,33-37H,9-11,19-26H2,1-5H3,(H,42,44)/t28-,33+,34+,35-,36+,37+,40+,41-/m1/s1. The predicted octanol–water partition coefficient (Wildman–Crippen LogP) is 10.1. The summed E-state index contributed by atoms with van der Waals surface area (Å²) < 4.78 is 0. The summed E-state index contributed by atoms with van der Waals surface area (Å²) in [4.78, 5) is 26.0. The van der Waals surface area contributed by atoms with E-state index < -0.39 is 0 Å². The number of carbonyl (C=O) groups is 2. The molecule has 0 radical (unpaired) electrons. The molecule has 236 valence electrons. The van der Waals surface area contributed by atoms with E-state index in [1.165, 1.54) is 57.8 Å². The van der Waals surface area contributed by atoms with Crippen LogP contribution in [0.1, 0.15) is 132 Å². The van der Waals surface area contributed by atoms with Crippen LogP contribution in [0.2, 0.25) is 0 Å². The van der Waals surface area contributed by atoms with Gasteiger partial charge >= 0.3 is 0 Å².